The lowest BCUT2D eigenvalue weighted by Gasteiger charge is -2.20. The van der Waals surface area contributed by atoms with E-state index in [1.54, 1.807) is 24.8 Å². The molecule has 3 aromatic rings. The second-order valence-corrected chi connectivity index (χ2v) is 7.06. The molecule has 1 aliphatic heterocycles. The quantitative estimate of drug-likeness (QED) is 0.694. The number of nitrogens with one attached hydrogen (secondary N) is 2. The highest BCUT2D eigenvalue weighted by atomic mass is 16.5. The Morgan fingerprint density at radius 3 is 2.62 bits per heavy atom. The smallest absolute Gasteiger partial charge is 0.252 e. The molecule has 29 heavy (non-hydrogen) atoms. The molecule has 0 saturated heterocycles. The number of carbonyl (C=O) groups excluding carboxylic acids is 2. The number of amides is 2. The van der Waals surface area contributed by atoms with Crippen LogP contribution in [0.5, 0.6) is 0 Å². The lowest BCUT2D eigenvalue weighted by Crippen LogP contribution is -2.27. The van der Waals surface area contributed by atoms with E-state index in [1.807, 2.05) is 48.5 Å². The van der Waals surface area contributed by atoms with E-state index in [4.69, 9.17) is 4.52 Å². The number of carbonyl (C=O) groups is 2. The minimum atomic E-state index is -0.614. The van der Waals surface area contributed by atoms with Crippen molar-refractivity contribution in [3.63, 3.8) is 0 Å². The summed E-state index contributed by atoms with van der Waals surface area (Å²) in [5, 5.41) is 9.96. The number of hydrogen-bond donors (Lipinski definition) is 2. The Labute approximate surface area is 168 Å². The molecule has 4 rings (SSSR count). The Morgan fingerprint density at radius 1 is 1.14 bits per heavy atom. The van der Waals surface area contributed by atoms with Gasteiger partial charge in [0.15, 0.2) is 5.82 Å². The second-order valence-electron chi connectivity index (χ2n) is 7.06. The van der Waals surface area contributed by atoms with Crippen molar-refractivity contribution in [2.75, 3.05) is 22.1 Å². The van der Waals surface area contributed by atoms with Crippen LogP contribution in [0.25, 0.3) is 0 Å². The van der Waals surface area contributed by atoms with Crippen LogP contribution in [-0.2, 0) is 16.0 Å². The SMILES string of the molecule is CC(=O)N1CCc2cc(N[C@@H](C(=O)Nc3cc(C)on3)c3ccccc3)ccc21. The standard InChI is InChI=1S/C22H22N4O3/c1-14-12-20(25-29-14)24-22(28)21(16-6-4-3-5-7-16)23-18-8-9-19-17(13-18)10-11-26(19)15(2)27/h3-9,12-13,21,23H,10-11H2,1-2H3,(H,24,25,28)/t21-/m1/s1. The molecule has 0 unspecified atom stereocenters. The van der Waals surface area contributed by atoms with Crippen LogP contribution in [0.4, 0.5) is 17.2 Å². The van der Waals surface area contributed by atoms with Gasteiger partial charge in [0.2, 0.25) is 5.91 Å². The van der Waals surface area contributed by atoms with Gasteiger partial charge in [0, 0.05) is 30.9 Å². The Hall–Kier alpha value is -3.61. The van der Waals surface area contributed by atoms with Gasteiger partial charge in [0.05, 0.1) is 0 Å². The van der Waals surface area contributed by atoms with Gasteiger partial charge in [-0.2, -0.15) is 0 Å². The molecule has 148 valence electrons. The largest absolute Gasteiger partial charge is 0.370 e. The molecule has 2 aromatic carbocycles. The maximum Gasteiger partial charge on any atom is 0.252 e. The summed E-state index contributed by atoms with van der Waals surface area (Å²) in [5.74, 6) is 0.795. The van der Waals surface area contributed by atoms with Gasteiger partial charge in [0.25, 0.3) is 5.91 Å². The molecule has 2 heterocycles. The molecular weight excluding hydrogens is 368 g/mol. The second kappa shape index (κ2) is 7.79. The number of aromatic nitrogens is 1. The van der Waals surface area contributed by atoms with Crippen LogP contribution in [0.1, 0.15) is 29.9 Å². The van der Waals surface area contributed by atoms with E-state index < -0.39 is 6.04 Å². The van der Waals surface area contributed by atoms with Crippen molar-refractivity contribution < 1.29 is 14.1 Å². The number of fused-ring (bicyclic) bond motifs is 1. The van der Waals surface area contributed by atoms with E-state index in [-0.39, 0.29) is 11.8 Å². The van der Waals surface area contributed by atoms with Crippen LogP contribution in [-0.4, -0.2) is 23.5 Å². The zero-order valence-electron chi connectivity index (χ0n) is 16.3. The first kappa shape index (κ1) is 18.7. The van der Waals surface area contributed by atoms with Crippen molar-refractivity contribution in [1.82, 2.24) is 5.16 Å². The number of benzene rings is 2. The van der Waals surface area contributed by atoms with E-state index in [1.165, 1.54) is 0 Å². The van der Waals surface area contributed by atoms with Crippen molar-refractivity contribution in [2.45, 2.75) is 26.3 Å². The van der Waals surface area contributed by atoms with E-state index >= 15 is 0 Å². The third-order valence-corrected chi connectivity index (χ3v) is 4.94. The third-order valence-electron chi connectivity index (χ3n) is 4.94. The molecule has 0 radical (unpaired) electrons. The first-order chi connectivity index (χ1) is 14.0. The molecule has 1 aliphatic rings. The maximum absolute atomic E-state index is 13.0. The van der Waals surface area contributed by atoms with Crippen molar-refractivity contribution in [3.8, 4) is 0 Å². The Bertz CT molecular complexity index is 1050. The molecule has 0 saturated carbocycles. The Kier molecular flexibility index (Phi) is 5.03. The summed E-state index contributed by atoms with van der Waals surface area (Å²) in [4.78, 5) is 26.5. The zero-order valence-corrected chi connectivity index (χ0v) is 16.3. The minimum Gasteiger partial charge on any atom is -0.370 e. The monoisotopic (exact) mass is 390 g/mol. The summed E-state index contributed by atoms with van der Waals surface area (Å²) in [6.45, 7) is 4.02. The summed E-state index contributed by atoms with van der Waals surface area (Å²) in [7, 11) is 0. The van der Waals surface area contributed by atoms with Crippen LogP contribution in [0.3, 0.4) is 0 Å². The Balaban J connectivity index is 1.59. The van der Waals surface area contributed by atoms with Crippen LogP contribution >= 0.6 is 0 Å². The number of rotatable bonds is 5. The zero-order chi connectivity index (χ0) is 20.4. The number of anilines is 3. The van der Waals surface area contributed by atoms with Gasteiger partial charge in [-0.3, -0.25) is 9.59 Å². The topological polar surface area (TPSA) is 87.5 Å². The average Bonchev–Trinajstić information content (AvgIpc) is 3.32. The predicted molar refractivity (Wildman–Crippen MR) is 111 cm³/mol. The highest BCUT2D eigenvalue weighted by Gasteiger charge is 2.25. The fourth-order valence-electron chi connectivity index (χ4n) is 3.55. The predicted octanol–water partition coefficient (Wildman–Crippen LogP) is 3.68. The molecule has 0 bridgehead atoms. The van der Waals surface area contributed by atoms with Crippen LogP contribution < -0.4 is 15.5 Å². The lowest BCUT2D eigenvalue weighted by atomic mass is 10.0. The normalized spacial score (nSPS) is 13.7. The maximum atomic E-state index is 13.0. The third kappa shape index (κ3) is 3.99. The van der Waals surface area contributed by atoms with Crippen LogP contribution in [0.2, 0.25) is 0 Å². The van der Waals surface area contributed by atoms with Gasteiger partial charge in [-0.25, -0.2) is 0 Å². The van der Waals surface area contributed by atoms with E-state index in [0.717, 1.165) is 28.9 Å². The first-order valence-corrected chi connectivity index (χ1v) is 9.48. The van der Waals surface area contributed by atoms with Crippen LogP contribution in [0.15, 0.2) is 59.1 Å². The van der Waals surface area contributed by atoms with Crippen molar-refractivity contribution in [2.24, 2.45) is 0 Å². The highest BCUT2D eigenvalue weighted by molar-refractivity contribution is 5.97. The Morgan fingerprint density at radius 2 is 1.93 bits per heavy atom. The molecule has 1 aromatic heterocycles. The molecule has 0 spiro atoms. The van der Waals surface area contributed by atoms with Gasteiger partial charge in [-0.1, -0.05) is 35.5 Å². The lowest BCUT2D eigenvalue weighted by molar-refractivity contribution is -0.117. The number of aryl methyl sites for hydroxylation is 1. The highest BCUT2D eigenvalue weighted by Crippen LogP contribution is 2.32. The van der Waals surface area contributed by atoms with Gasteiger partial charge >= 0.3 is 0 Å². The van der Waals surface area contributed by atoms with Crippen LogP contribution in [0, 0.1) is 6.92 Å². The summed E-state index contributed by atoms with van der Waals surface area (Å²) in [6, 6.07) is 16.4. The minimum absolute atomic E-state index is 0.0360. The van der Waals surface area contributed by atoms with Gasteiger partial charge in [0.1, 0.15) is 11.8 Å². The average molecular weight is 390 g/mol. The molecular formula is C22H22N4O3. The van der Waals surface area contributed by atoms with E-state index in [9.17, 15) is 9.59 Å². The summed E-state index contributed by atoms with van der Waals surface area (Å²) >= 11 is 0. The van der Waals surface area contributed by atoms with Gasteiger partial charge in [-0.05, 0) is 42.7 Å². The van der Waals surface area contributed by atoms with Gasteiger partial charge in [-0.15, -0.1) is 0 Å². The van der Waals surface area contributed by atoms with Crippen molar-refractivity contribution >= 4 is 29.0 Å². The summed E-state index contributed by atoms with van der Waals surface area (Å²) < 4.78 is 5.03. The number of hydrogen-bond acceptors (Lipinski definition) is 5. The fraction of sp³-hybridized carbons (Fsp3) is 0.227. The fourth-order valence-corrected chi connectivity index (χ4v) is 3.55. The molecule has 7 heteroatoms. The van der Waals surface area contributed by atoms with E-state index in [2.05, 4.69) is 15.8 Å². The van der Waals surface area contributed by atoms with E-state index in [0.29, 0.717) is 18.1 Å². The molecule has 2 N–H and O–H groups in total. The summed E-state index contributed by atoms with van der Waals surface area (Å²) in [5.41, 5.74) is 3.66. The van der Waals surface area contributed by atoms with Crippen molar-refractivity contribution in [1.29, 1.82) is 0 Å². The molecule has 0 aliphatic carbocycles. The number of nitrogens with zero attached hydrogens (tertiary/aromatic N) is 2. The van der Waals surface area contributed by atoms with Gasteiger partial charge < -0.3 is 20.1 Å². The molecule has 7 nitrogen and oxygen atoms in total. The molecule has 0 fully saturated rings. The first-order valence-electron chi connectivity index (χ1n) is 9.48. The van der Waals surface area contributed by atoms with Crippen molar-refractivity contribution in [3.05, 3.63) is 71.5 Å². The molecule has 1 atom stereocenters. The summed E-state index contributed by atoms with van der Waals surface area (Å²) in [6.07, 6.45) is 0.796. The molecule has 2 amide bonds.